The fourth-order valence-electron chi connectivity index (χ4n) is 1.19. The Hall–Kier alpha value is -1.72. The van der Waals surface area contributed by atoms with Crippen molar-refractivity contribution in [2.75, 3.05) is 10.6 Å². The molecule has 0 fully saturated rings. The highest BCUT2D eigenvalue weighted by Crippen LogP contribution is 2.25. The molecule has 0 saturated heterocycles. The molecule has 2 amide bonds. The molecule has 0 aliphatic carbocycles. The third-order valence-electron chi connectivity index (χ3n) is 1.93. The van der Waals surface area contributed by atoms with Gasteiger partial charge in [0.25, 0.3) is 0 Å². The van der Waals surface area contributed by atoms with E-state index in [2.05, 4.69) is 20.8 Å². The monoisotopic (exact) mass is 270 g/mol. The van der Waals surface area contributed by atoms with Gasteiger partial charge in [-0.25, -0.2) is 4.79 Å². The summed E-state index contributed by atoms with van der Waals surface area (Å²) in [7, 11) is 0. The Morgan fingerprint density at radius 3 is 2.59 bits per heavy atom. The van der Waals surface area contributed by atoms with Crippen LogP contribution in [0.5, 0.6) is 0 Å². The van der Waals surface area contributed by atoms with E-state index in [1.807, 2.05) is 0 Å². The van der Waals surface area contributed by atoms with Gasteiger partial charge in [-0.2, -0.15) is 5.10 Å². The highest BCUT2D eigenvalue weighted by atomic mass is 35.5. The lowest BCUT2D eigenvalue weighted by Gasteiger charge is -2.06. The molecular formula is C10H8Cl2N4O. The molecule has 17 heavy (non-hydrogen) atoms. The van der Waals surface area contributed by atoms with E-state index in [4.69, 9.17) is 23.2 Å². The number of hydrogen-bond acceptors (Lipinski definition) is 2. The number of aromatic amines is 1. The Balaban J connectivity index is 2.00. The number of hydrogen-bond donors (Lipinski definition) is 3. The lowest BCUT2D eigenvalue weighted by atomic mass is 10.3. The highest BCUT2D eigenvalue weighted by molar-refractivity contribution is 6.42. The van der Waals surface area contributed by atoms with Crippen LogP contribution >= 0.6 is 23.2 Å². The second kappa shape index (κ2) is 5.07. The van der Waals surface area contributed by atoms with E-state index >= 15 is 0 Å². The van der Waals surface area contributed by atoms with Crippen LogP contribution in [0.1, 0.15) is 0 Å². The minimum absolute atomic E-state index is 0.382. The number of urea groups is 1. The third-order valence-corrected chi connectivity index (χ3v) is 2.67. The Morgan fingerprint density at radius 2 is 1.94 bits per heavy atom. The summed E-state index contributed by atoms with van der Waals surface area (Å²) < 4.78 is 0. The van der Waals surface area contributed by atoms with E-state index in [-0.39, 0.29) is 6.03 Å². The first-order valence-corrected chi connectivity index (χ1v) is 5.42. The van der Waals surface area contributed by atoms with E-state index < -0.39 is 0 Å². The first kappa shape index (κ1) is 11.8. The van der Waals surface area contributed by atoms with E-state index in [0.717, 1.165) is 0 Å². The van der Waals surface area contributed by atoms with Crippen LogP contribution in [0.3, 0.4) is 0 Å². The van der Waals surface area contributed by atoms with Gasteiger partial charge in [0, 0.05) is 11.9 Å². The summed E-state index contributed by atoms with van der Waals surface area (Å²) in [4.78, 5) is 11.5. The summed E-state index contributed by atoms with van der Waals surface area (Å²) >= 11 is 11.6. The molecule has 88 valence electrons. The van der Waals surface area contributed by atoms with E-state index in [1.165, 1.54) is 6.20 Å². The molecule has 5 nitrogen and oxygen atoms in total. The molecule has 0 bridgehead atoms. The quantitative estimate of drug-likeness (QED) is 0.783. The number of rotatable bonds is 2. The fourth-order valence-corrected chi connectivity index (χ4v) is 1.48. The smallest absolute Gasteiger partial charge is 0.308 e. The first-order valence-electron chi connectivity index (χ1n) is 4.67. The Labute approximate surface area is 107 Å². The van der Waals surface area contributed by atoms with Gasteiger partial charge in [0.15, 0.2) is 0 Å². The third kappa shape index (κ3) is 3.12. The number of benzene rings is 1. The van der Waals surface area contributed by atoms with Crippen LogP contribution < -0.4 is 10.6 Å². The molecule has 0 saturated carbocycles. The molecule has 0 radical (unpaired) electrons. The average molecular weight is 271 g/mol. The molecule has 2 rings (SSSR count). The van der Waals surface area contributed by atoms with Crippen LogP contribution in [0, 0.1) is 0 Å². The molecule has 1 heterocycles. The van der Waals surface area contributed by atoms with Crippen molar-refractivity contribution in [1.82, 2.24) is 10.2 Å². The van der Waals surface area contributed by atoms with Gasteiger partial charge in [0.2, 0.25) is 0 Å². The molecule has 0 atom stereocenters. The topological polar surface area (TPSA) is 69.8 Å². The van der Waals surface area contributed by atoms with Crippen LogP contribution in [0.25, 0.3) is 0 Å². The number of carbonyl (C=O) groups excluding carboxylic acids is 1. The molecule has 0 spiro atoms. The normalized spacial score (nSPS) is 10.0. The number of anilines is 2. The Morgan fingerprint density at radius 1 is 1.18 bits per heavy atom. The summed E-state index contributed by atoms with van der Waals surface area (Å²) in [6.45, 7) is 0. The minimum atomic E-state index is -0.384. The maximum atomic E-state index is 11.5. The summed E-state index contributed by atoms with van der Waals surface area (Å²) in [5.41, 5.74) is 1.13. The Kier molecular flexibility index (Phi) is 3.51. The number of nitrogens with zero attached hydrogens (tertiary/aromatic N) is 1. The van der Waals surface area contributed by atoms with Crippen LogP contribution in [-0.2, 0) is 0 Å². The predicted molar refractivity (Wildman–Crippen MR) is 67.7 cm³/mol. The summed E-state index contributed by atoms with van der Waals surface area (Å²) in [5, 5.41) is 12.3. The second-order valence-electron chi connectivity index (χ2n) is 3.19. The summed E-state index contributed by atoms with van der Waals surface area (Å²) in [6.07, 6.45) is 3.06. The van der Waals surface area contributed by atoms with Gasteiger partial charge in [0.1, 0.15) is 0 Å². The van der Waals surface area contributed by atoms with Crippen molar-refractivity contribution in [3.63, 3.8) is 0 Å². The first-order chi connectivity index (χ1) is 8.15. The molecule has 1 aromatic carbocycles. The van der Waals surface area contributed by atoms with Crippen molar-refractivity contribution in [2.45, 2.75) is 0 Å². The number of nitrogens with one attached hydrogen (secondary N) is 3. The van der Waals surface area contributed by atoms with Gasteiger partial charge >= 0.3 is 6.03 Å². The number of halogens is 2. The zero-order valence-electron chi connectivity index (χ0n) is 8.50. The molecule has 7 heteroatoms. The van der Waals surface area contributed by atoms with Crippen molar-refractivity contribution in [2.24, 2.45) is 0 Å². The number of amides is 2. The maximum absolute atomic E-state index is 11.5. The van der Waals surface area contributed by atoms with E-state index in [0.29, 0.717) is 21.4 Å². The van der Waals surface area contributed by atoms with Gasteiger partial charge in [0.05, 0.1) is 21.9 Å². The van der Waals surface area contributed by atoms with Crippen molar-refractivity contribution >= 4 is 40.6 Å². The maximum Gasteiger partial charge on any atom is 0.323 e. The fraction of sp³-hybridized carbons (Fsp3) is 0. The van der Waals surface area contributed by atoms with Gasteiger partial charge in [-0.3, -0.25) is 5.10 Å². The largest absolute Gasteiger partial charge is 0.323 e. The molecular weight excluding hydrogens is 263 g/mol. The van der Waals surface area contributed by atoms with Gasteiger partial charge in [-0.05, 0) is 18.2 Å². The minimum Gasteiger partial charge on any atom is -0.308 e. The van der Waals surface area contributed by atoms with Crippen LogP contribution in [0.4, 0.5) is 16.2 Å². The van der Waals surface area contributed by atoms with E-state index in [9.17, 15) is 4.79 Å². The van der Waals surface area contributed by atoms with Gasteiger partial charge < -0.3 is 10.6 Å². The second-order valence-corrected chi connectivity index (χ2v) is 4.01. The van der Waals surface area contributed by atoms with Crippen molar-refractivity contribution in [3.05, 3.63) is 40.6 Å². The number of aromatic nitrogens is 2. The standard InChI is InChI=1S/C10H8Cl2N4O/c11-8-2-1-6(3-9(8)12)15-10(17)16-7-4-13-14-5-7/h1-5H,(H,13,14)(H2,15,16,17). The highest BCUT2D eigenvalue weighted by Gasteiger charge is 2.05. The zero-order valence-corrected chi connectivity index (χ0v) is 10.0. The van der Waals surface area contributed by atoms with Crippen LogP contribution in [-0.4, -0.2) is 16.2 Å². The molecule has 3 N–H and O–H groups in total. The Bertz CT molecular complexity index is 527. The van der Waals surface area contributed by atoms with Crippen LogP contribution in [0.15, 0.2) is 30.6 Å². The van der Waals surface area contributed by atoms with Crippen molar-refractivity contribution in [3.8, 4) is 0 Å². The number of H-pyrrole nitrogens is 1. The summed E-state index contributed by atoms with van der Waals surface area (Å²) in [5.74, 6) is 0. The zero-order chi connectivity index (χ0) is 12.3. The van der Waals surface area contributed by atoms with Crippen LogP contribution in [0.2, 0.25) is 10.0 Å². The van der Waals surface area contributed by atoms with Gasteiger partial charge in [-0.15, -0.1) is 0 Å². The van der Waals surface area contributed by atoms with E-state index in [1.54, 1.807) is 24.4 Å². The average Bonchev–Trinajstić information content (AvgIpc) is 2.76. The lowest BCUT2D eigenvalue weighted by molar-refractivity contribution is 0.262. The predicted octanol–water partition coefficient (Wildman–Crippen LogP) is 3.36. The summed E-state index contributed by atoms with van der Waals surface area (Å²) in [6, 6.07) is 4.45. The molecule has 2 aromatic rings. The van der Waals surface area contributed by atoms with Crippen molar-refractivity contribution < 1.29 is 4.79 Å². The molecule has 0 aliphatic heterocycles. The molecule has 0 unspecified atom stereocenters. The van der Waals surface area contributed by atoms with Gasteiger partial charge in [-0.1, -0.05) is 23.2 Å². The molecule has 1 aromatic heterocycles. The lowest BCUT2D eigenvalue weighted by Crippen LogP contribution is -2.18. The van der Waals surface area contributed by atoms with Crippen molar-refractivity contribution in [1.29, 1.82) is 0 Å². The molecule has 0 aliphatic rings. The SMILES string of the molecule is O=C(Nc1cn[nH]c1)Nc1ccc(Cl)c(Cl)c1. The number of carbonyl (C=O) groups is 1.